The van der Waals surface area contributed by atoms with Crippen LogP contribution in [0.3, 0.4) is 0 Å². The molecule has 0 aliphatic rings. The summed E-state index contributed by atoms with van der Waals surface area (Å²) in [7, 11) is 1.70. The van der Waals surface area contributed by atoms with E-state index in [-0.39, 0.29) is 6.10 Å². The topological polar surface area (TPSA) is 59.1 Å². The third-order valence-corrected chi connectivity index (χ3v) is 2.52. The van der Waals surface area contributed by atoms with E-state index >= 15 is 0 Å². The highest BCUT2D eigenvalue weighted by Gasteiger charge is 2.02. The van der Waals surface area contributed by atoms with Crippen molar-refractivity contribution in [2.45, 2.75) is 33.4 Å². The zero-order valence-corrected chi connectivity index (χ0v) is 11.7. The summed E-state index contributed by atoms with van der Waals surface area (Å²) in [4.78, 5) is 8.66. The van der Waals surface area contributed by atoms with E-state index in [4.69, 9.17) is 4.74 Å². The van der Waals surface area contributed by atoms with E-state index in [2.05, 4.69) is 34.4 Å². The fourth-order valence-corrected chi connectivity index (χ4v) is 1.40. The molecule has 5 heteroatoms. The Balaban J connectivity index is 2.41. The second kappa shape index (κ2) is 8.00. The molecule has 0 fully saturated rings. The van der Waals surface area contributed by atoms with Gasteiger partial charge < -0.3 is 15.4 Å². The second-order valence-electron chi connectivity index (χ2n) is 4.85. The van der Waals surface area contributed by atoms with Crippen molar-refractivity contribution in [3.63, 3.8) is 0 Å². The lowest BCUT2D eigenvalue weighted by molar-refractivity contribution is 0.128. The smallest absolute Gasteiger partial charge is 0.144 e. The quantitative estimate of drug-likeness (QED) is 0.737. The largest absolute Gasteiger partial charge is 0.380 e. The number of methoxy groups -OCH3 is 1. The minimum absolute atomic E-state index is 0.162. The van der Waals surface area contributed by atoms with Crippen molar-refractivity contribution in [1.82, 2.24) is 15.3 Å². The van der Waals surface area contributed by atoms with Gasteiger partial charge in [-0.3, -0.25) is 4.98 Å². The Kier molecular flexibility index (Phi) is 6.60. The average molecular weight is 252 g/mol. The van der Waals surface area contributed by atoms with Gasteiger partial charge in [-0.15, -0.1) is 0 Å². The molecule has 102 valence electrons. The first kappa shape index (κ1) is 14.9. The molecule has 0 aliphatic heterocycles. The number of hydrogen-bond donors (Lipinski definition) is 2. The maximum Gasteiger partial charge on any atom is 0.144 e. The van der Waals surface area contributed by atoms with Gasteiger partial charge >= 0.3 is 0 Å². The summed E-state index contributed by atoms with van der Waals surface area (Å²) in [5.74, 6) is 1.43. The summed E-state index contributed by atoms with van der Waals surface area (Å²) < 4.78 is 5.17. The Hall–Kier alpha value is -1.20. The van der Waals surface area contributed by atoms with Crippen LogP contribution in [-0.4, -0.2) is 36.3 Å². The predicted molar refractivity (Wildman–Crippen MR) is 73.5 cm³/mol. The lowest BCUT2D eigenvalue weighted by Gasteiger charge is -2.12. The third-order valence-electron chi connectivity index (χ3n) is 2.52. The van der Waals surface area contributed by atoms with Crippen LogP contribution < -0.4 is 10.6 Å². The summed E-state index contributed by atoms with van der Waals surface area (Å²) in [6.07, 6.45) is 3.68. The summed E-state index contributed by atoms with van der Waals surface area (Å²) in [5.41, 5.74) is 0.950. The number of hydrogen-bond acceptors (Lipinski definition) is 5. The number of ether oxygens (including phenoxy) is 1. The maximum absolute atomic E-state index is 5.17. The van der Waals surface area contributed by atoms with Gasteiger partial charge in [0.2, 0.25) is 0 Å². The monoisotopic (exact) mass is 252 g/mol. The molecule has 1 heterocycles. The van der Waals surface area contributed by atoms with Crippen molar-refractivity contribution < 1.29 is 4.74 Å². The Labute approximate surface area is 109 Å². The molecule has 1 rings (SSSR count). The molecule has 1 aromatic heterocycles. The standard InChI is InChI=1S/C13H24N4O/c1-10(2)5-14-7-12-8-15-9-13(17-12)16-6-11(3)18-4/h8-11,14H,5-7H2,1-4H3,(H,16,17). The first-order valence-corrected chi connectivity index (χ1v) is 6.40. The van der Waals surface area contributed by atoms with Crippen molar-refractivity contribution in [2.24, 2.45) is 5.92 Å². The number of aromatic nitrogens is 2. The van der Waals surface area contributed by atoms with Crippen LogP contribution in [0.2, 0.25) is 0 Å². The average Bonchev–Trinajstić information content (AvgIpc) is 2.36. The van der Waals surface area contributed by atoms with Gasteiger partial charge in [-0.1, -0.05) is 13.8 Å². The van der Waals surface area contributed by atoms with E-state index in [1.807, 2.05) is 6.92 Å². The highest BCUT2D eigenvalue weighted by molar-refractivity contribution is 5.31. The van der Waals surface area contributed by atoms with E-state index in [1.165, 1.54) is 0 Å². The number of nitrogens with one attached hydrogen (secondary N) is 2. The zero-order chi connectivity index (χ0) is 13.4. The minimum Gasteiger partial charge on any atom is -0.380 e. The van der Waals surface area contributed by atoms with Crippen LogP contribution in [0.15, 0.2) is 12.4 Å². The van der Waals surface area contributed by atoms with E-state index < -0.39 is 0 Å². The molecule has 0 aliphatic carbocycles. The molecular formula is C13H24N4O. The first-order valence-electron chi connectivity index (χ1n) is 6.40. The molecule has 1 unspecified atom stereocenters. The van der Waals surface area contributed by atoms with Crippen LogP contribution in [-0.2, 0) is 11.3 Å². The number of anilines is 1. The highest BCUT2D eigenvalue weighted by Crippen LogP contribution is 2.03. The van der Waals surface area contributed by atoms with Gasteiger partial charge in [0.25, 0.3) is 0 Å². The van der Waals surface area contributed by atoms with Gasteiger partial charge in [0, 0.05) is 26.4 Å². The van der Waals surface area contributed by atoms with Gasteiger partial charge in [-0.25, -0.2) is 4.98 Å². The zero-order valence-electron chi connectivity index (χ0n) is 11.7. The van der Waals surface area contributed by atoms with E-state index in [9.17, 15) is 0 Å². The molecule has 5 nitrogen and oxygen atoms in total. The summed E-state index contributed by atoms with van der Waals surface area (Å²) in [6, 6.07) is 0. The highest BCUT2D eigenvalue weighted by atomic mass is 16.5. The fourth-order valence-electron chi connectivity index (χ4n) is 1.40. The molecule has 0 aromatic carbocycles. The van der Waals surface area contributed by atoms with Gasteiger partial charge in [0.1, 0.15) is 5.82 Å². The molecule has 2 N–H and O–H groups in total. The Bertz CT molecular complexity index is 344. The summed E-state index contributed by atoms with van der Waals surface area (Å²) >= 11 is 0. The second-order valence-corrected chi connectivity index (χ2v) is 4.85. The van der Waals surface area contributed by atoms with Crippen LogP contribution in [0.25, 0.3) is 0 Å². The number of nitrogens with zero attached hydrogens (tertiary/aromatic N) is 2. The van der Waals surface area contributed by atoms with Crippen molar-refractivity contribution in [3.8, 4) is 0 Å². The number of rotatable bonds is 8. The molecule has 0 amide bonds. The van der Waals surface area contributed by atoms with Gasteiger partial charge in [0.15, 0.2) is 0 Å². The minimum atomic E-state index is 0.162. The molecule has 18 heavy (non-hydrogen) atoms. The van der Waals surface area contributed by atoms with Gasteiger partial charge in [-0.05, 0) is 19.4 Å². The molecule has 0 bridgehead atoms. The van der Waals surface area contributed by atoms with E-state index in [1.54, 1.807) is 19.5 Å². The molecule has 0 spiro atoms. The van der Waals surface area contributed by atoms with E-state index in [0.29, 0.717) is 5.92 Å². The van der Waals surface area contributed by atoms with Crippen molar-refractivity contribution in [3.05, 3.63) is 18.1 Å². The van der Waals surface area contributed by atoms with Crippen molar-refractivity contribution in [2.75, 3.05) is 25.5 Å². The van der Waals surface area contributed by atoms with Crippen molar-refractivity contribution in [1.29, 1.82) is 0 Å². The maximum atomic E-state index is 5.17. The van der Waals surface area contributed by atoms with Crippen LogP contribution in [0.5, 0.6) is 0 Å². The Morgan fingerprint density at radius 3 is 2.67 bits per heavy atom. The summed E-state index contributed by atoms with van der Waals surface area (Å²) in [6.45, 7) is 8.84. The van der Waals surface area contributed by atoms with Crippen molar-refractivity contribution >= 4 is 5.82 Å². The lowest BCUT2D eigenvalue weighted by Crippen LogP contribution is -2.21. The van der Waals surface area contributed by atoms with Crippen LogP contribution >= 0.6 is 0 Å². The Morgan fingerprint density at radius 2 is 2.00 bits per heavy atom. The molecular weight excluding hydrogens is 228 g/mol. The van der Waals surface area contributed by atoms with Crippen LogP contribution in [0, 0.1) is 5.92 Å². The van der Waals surface area contributed by atoms with Crippen LogP contribution in [0.1, 0.15) is 26.5 Å². The SMILES string of the molecule is COC(C)CNc1cncc(CNCC(C)C)n1. The van der Waals surface area contributed by atoms with Gasteiger partial charge in [0.05, 0.1) is 18.0 Å². The van der Waals surface area contributed by atoms with Gasteiger partial charge in [-0.2, -0.15) is 0 Å². The first-order chi connectivity index (χ1) is 8.61. The fraction of sp³-hybridized carbons (Fsp3) is 0.692. The van der Waals surface area contributed by atoms with Crippen LogP contribution in [0.4, 0.5) is 5.82 Å². The normalized spacial score (nSPS) is 12.7. The predicted octanol–water partition coefficient (Wildman–Crippen LogP) is 1.67. The molecule has 1 aromatic rings. The molecule has 0 radical (unpaired) electrons. The molecule has 0 saturated heterocycles. The Morgan fingerprint density at radius 1 is 1.22 bits per heavy atom. The lowest BCUT2D eigenvalue weighted by atomic mass is 10.2. The summed E-state index contributed by atoms with van der Waals surface area (Å²) in [5, 5.41) is 6.56. The van der Waals surface area contributed by atoms with E-state index in [0.717, 1.165) is 31.1 Å². The molecule has 1 atom stereocenters. The third kappa shape index (κ3) is 5.93. The molecule has 0 saturated carbocycles.